The fourth-order valence-corrected chi connectivity index (χ4v) is 3.20. The van der Waals surface area contributed by atoms with Gasteiger partial charge in [0.15, 0.2) is 0 Å². The highest BCUT2D eigenvalue weighted by atomic mass is 16.3. The Balaban J connectivity index is 2.67. The fraction of sp³-hybridized carbons (Fsp3) is 1.00. The molecule has 0 aromatic rings. The summed E-state index contributed by atoms with van der Waals surface area (Å²) >= 11 is 0. The summed E-state index contributed by atoms with van der Waals surface area (Å²) < 4.78 is 0. The Morgan fingerprint density at radius 2 is 1.93 bits per heavy atom. The molecule has 0 spiro atoms. The maximum atomic E-state index is 10.8. The van der Waals surface area contributed by atoms with Crippen LogP contribution in [0.15, 0.2) is 0 Å². The zero-order chi connectivity index (χ0) is 11.5. The van der Waals surface area contributed by atoms with Gasteiger partial charge in [-0.05, 0) is 37.0 Å². The first-order valence-electron chi connectivity index (χ1n) is 6.72. The number of hydrogen-bond acceptors (Lipinski definition) is 1. The molecule has 0 aromatic carbocycles. The largest absolute Gasteiger partial charge is 0.390 e. The third-order valence-corrected chi connectivity index (χ3v) is 4.27. The van der Waals surface area contributed by atoms with Gasteiger partial charge < -0.3 is 5.11 Å². The first-order valence-corrected chi connectivity index (χ1v) is 6.72. The molecule has 0 saturated heterocycles. The molecule has 1 saturated carbocycles. The highest BCUT2D eigenvalue weighted by molar-refractivity contribution is 4.92. The van der Waals surface area contributed by atoms with Gasteiger partial charge in [0.2, 0.25) is 0 Å². The van der Waals surface area contributed by atoms with Gasteiger partial charge in [0.05, 0.1) is 5.60 Å². The molecule has 15 heavy (non-hydrogen) atoms. The van der Waals surface area contributed by atoms with Crippen molar-refractivity contribution in [3.05, 3.63) is 0 Å². The van der Waals surface area contributed by atoms with Crippen molar-refractivity contribution >= 4 is 0 Å². The summed E-state index contributed by atoms with van der Waals surface area (Å²) in [7, 11) is 0. The number of hydrogen-bond donors (Lipinski definition) is 1. The Morgan fingerprint density at radius 3 is 2.47 bits per heavy atom. The lowest BCUT2D eigenvalue weighted by molar-refractivity contribution is -0.0811. The molecule has 1 N–H and O–H groups in total. The number of rotatable bonds is 4. The van der Waals surface area contributed by atoms with E-state index in [9.17, 15) is 5.11 Å². The molecule has 1 aliphatic rings. The van der Waals surface area contributed by atoms with Crippen LogP contribution in [-0.2, 0) is 0 Å². The Hall–Kier alpha value is -0.0400. The van der Waals surface area contributed by atoms with Crippen LogP contribution in [-0.4, -0.2) is 10.7 Å². The Kier molecular flexibility index (Phi) is 4.64. The maximum absolute atomic E-state index is 10.8. The fourth-order valence-electron chi connectivity index (χ4n) is 3.20. The van der Waals surface area contributed by atoms with E-state index in [4.69, 9.17) is 0 Å². The van der Waals surface area contributed by atoms with Crippen molar-refractivity contribution in [1.82, 2.24) is 0 Å². The van der Waals surface area contributed by atoms with Crippen LogP contribution in [0.3, 0.4) is 0 Å². The van der Waals surface area contributed by atoms with Crippen molar-refractivity contribution in [2.24, 2.45) is 17.8 Å². The lowest BCUT2D eigenvalue weighted by Gasteiger charge is -2.43. The van der Waals surface area contributed by atoms with Gasteiger partial charge in [0.1, 0.15) is 0 Å². The number of aliphatic hydroxyl groups is 1. The summed E-state index contributed by atoms with van der Waals surface area (Å²) in [6.07, 6.45) is 6.98. The van der Waals surface area contributed by atoms with Gasteiger partial charge >= 0.3 is 0 Å². The van der Waals surface area contributed by atoms with Crippen molar-refractivity contribution in [2.75, 3.05) is 0 Å². The smallest absolute Gasteiger partial charge is 0.0680 e. The Morgan fingerprint density at radius 1 is 1.27 bits per heavy atom. The lowest BCUT2D eigenvalue weighted by Crippen LogP contribution is -2.44. The van der Waals surface area contributed by atoms with Crippen molar-refractivity contribution in [2.45, 2.75) is 71.8 Å². The van der Waals surface area contributed by atoms with Crippen LogP contribution in [0.2, 0.25) is 0 Å². The third kappa shape index (κ3) is 3.21. The summed E-state index contributed by atoms with van der Waals surface area (Å²) in [5.41, 5.74) is -0.359. The zero-order valence-corrected chi connectivity index (χ0v) is 10.9. The quantitative estimate of drug-likeness (QED) is 0.747. The second-order valence-electron chi connectivity index (χ2n) is 5.92. The summed E-state index contributed by atoms with van der Waals surface area (Å²) in [6, 6.07) is 0. The topological polar surface area (TPSA) is 20.2 Å². The molecule has 1 rings (SSSR count). The van der Waals surface area contributed by atoms with Crippen LogP contribution in [0.4, 0.5) is 0 Å². The average molecular weight is 212 g/mol. The van der Waals surface area contributed by atoms with E-state index in [0.29, 0.717) is 17.8 Å². The minimum Gasteiger partial charge on any atom is -0.390 e. The SMILES string of the molecule is CCC(C)CC1(O)CCCCC1C(C)C. The van der Waals surface area contributed by atoms with Crippen LogP contribution in [0.1, 0.15) is 66.2 Å². The average Bonchev–Trinajstić information content (AvgIpc) is 2.17. The first-order chi connectivity index (χ1) is 6.99. The molecule has 0 aromatic heterocycles. The standard InChI is InChI=1S/C14H28O/c1-5-12(4)10-14(15)9-7-6-8-13(14)11(2)3/h11-13,15H,5-10H2,1-4H3. The zero-order valence-electron chi connectivity index (χ0n) is 10.9. The van der Waals surface area contributed by atoms with E-state index in [0.717, 1.165) is 12.8 Å². The highest BCUT2D eigenvalue weighted by Gasteiger charge is 2.40. The van der Waals surface area contributed by atoms with Gasteiger partial charge in [0, 0.05) is 0 Å². The predicted molar refractivity (Wildman–Crippen MR) is 65.8 cm³/mol. The minimum absolute atomic E-state index is 0.359. The van der Waals surface area contributed by atoms with Crippen LogP contribution in [0, 0.1) is 17.8 Å². The maximum Gasteiger partial charge on any atom is 0.0680 e. The molecule has 1 heteroatoms. The molecule has 0 radical (unpaired) electrons. The van der Waals surface area contributed by atoms with Crippen molar-refractivity contribution < 1.29 is 5.11 Å². The van der Waals surface area contributed by atoms with Gasteiger partial charge in [-0.2, -0.15) is 0 Å². The monoisotopic (exact) mass is 212 g/mol. The van der Waals surface area contributed by atoms with Gasteiger partial charge in [-0.25, -0.2) is 0 Å². The molecule has 1 aliphatic carbocycles. The van der Waals surface area contributed by atoms with E-state index in [1.807, 2.05) is 0 Å². The molecule has 0 aliphatic heterocycles. The molecular formula is C14H28O. The third-order valence-electron chi connectivity index (χ3n) is 4.27. The predicted octanol–water partition coefficient (Wildman–Crippen LogP) is 4.00. The van der Waals surface area contributed by atoms with Crippen molar-refractivity contribution in [3.8, 4) is 0 Å². The van der Waals surface area contributed by atoms with Crippen LogP contribution in [0.5, 0.6) is 0 Å². The van der Waals surface area contributed by atoms with E-state index in [1.54, 1.807) is 0 Å². The molecule has 0 heterocycles. The molecule has 1 nitrogen and oxygen atoms in total. The van der Waals surface area contributed by atoms with E-state index >= 15 is 0 Å². The summed E-state index contributed by atoms with van der Waals surface area (Å²) in [5.74, 6) is 1.81. The van der Waals surface area contributed by atoms with Gasteiger partial charge in [-0.3, -0.25) is 0 Å². The summed E-state index contributed by atoms with van der Waals surface area (Å²) in [4.78, 5) is 0. The van der Waals surface area contributed by atoms with E-state index in [1.165, 1.54) is 25.7 Å². The van der Waals surface area contributed by atoms with E-state index in [2.05, 4.69) is 27.7 Å². The molecule has 90 valence electrons. The van der Waals surface area contributed by atoms with Gasteiger partial charge in [-0.1, -0.05) is 47.0 Å². The second kappa shape index (κ2) is 5.34. The summed E-state index contributed by atoms with van der Waals surface area (Å²) in [5, 5.41) is 10.8. The minimum atomic E-state index is -0.359. The summed E-state index contributed by atoms with van der Waals surface area (Å²) in [6.45, 7) is 9.01. The lowest BCUT2D eigenvalue weighted by atomic mass is 9.67. The second-order valence-corrected chi connectivity index (χ2v) is 5.92. The van der Waals surface area contributed by atoms with E-state index < -0.39 is 0 Å². The van der Waals surface area contributed by atoms with Crippen LogP contribution in [0.25, 0.3) is 0 Å². The highest BCUT2D eigenvalue weighted by Crippen LogP contribution is 2.42. The molecule has 0 bridgehead atoms. The Labute approximate surface area is 95.3 Å². The molecule has 3 unspecified atom stereocenters. The van der Waals surface area contributed by atoms with Gasteiger partial charge in [0.25, 0.3) is 0 Å². The molecule has 1 fully saturated rings. The first kappa shape index (κ1) is 13.0. The normalized spacial score (nSPS) is 34.4. The molecule has 0 amide bonds. The van der Waals surface area contributed by atoms with Crippen LogP contribution >= 0.6 is 0 Å². The van der Waals surface area contributed by atoms with E-state index in [-0.39, 0.29) is 5.60 Å². The van der Waals surface area contributed by atoms with Crippen molar-refractivity contribution in [3.63, 3.8) is 0 Å². The molecular weight excluding hydrogens is 184 g/mol. The van der Waals surface area contributed by atoms with Crippen LogP contribution < -0.4 is 0 Å². The van der Waals surface area contributed by atoms with Gasteiger partial charge in [-0.15, -0.1) is 0 Å². The van der Waals surface area contributed by atoms with Crippen molar-refractivity contribution in [1.29, 1.82) is 0 Å². The Bertz CT molecular complexity index is 188. The molecule has 3 atom stereocenters.